The summed E-state index contributed by atoms with van der Waals surface area (Å²) in [5.74, 6) is 0.579. The number of benzene rings is 2. The monoisotopic (exact) mass is 340 g/mol. The van der Waals surface area contributed by atoms with E-state index in [0.717, 1.165) is 22.4 Å². The van der Waals surface area contributed by atoms with Crippen LogP contribution in [0.25, 0.3) is 11.1 Å². The second-order valence-corrected chi connectivity index (χ2v) is 7.05. The molecule has 0 radical (unpaired) electrons. The fourth-order valence-electron chi connectivity index (χ4n) is 2.91. The van der Waals surface area contributed by atoms with E-state index in [1.807, 2.05) is 30.3 Å². The van der Waals surface area contributed by atoms with E-state index in [1.54, 1.807) is 7.11 Å². The maximum absolute atomic E-state index is 12.2. The first kappa shape index (κ1) is 17.5. The summed E-state index contributed by atoms with van der Waals surface area (Å²) in [6.45, 7) is 5.84. The van der Waals surface area contributed by atoms with Gasteiger partial charge >= 0.3 is 5.97 Å². The van der Waals surface area contributed by atoms with E-state index in [4.69, 9.17) is 14.2 Å². The van der Waals surface area contributed by atoms with Crippen LogP contribution in [0.4, 0.5) is 0 Å². The van der Waals surface area contributed by atoms with Gasteiger partial charge in [-0.15, -0.1) is 0 Å². The van der Waals surface area contributed by atoms with Crippen molar-refractivity contribution in [3.05, 3.63) is 53.6 Å². The summed E-state index contributed by atoms with van der Waals surface area (Å²) < 4.78 is 16.1. The minimum absolute atomic E-state index is 0.0255. The van der Waals surface area contributed by atoms with Crippen molar-refractivity contribution < 1.29 is 19.0 Å². The summed E-state index contributed by atoms with van der Waals surface area (Å²) in [5, 5.41) is 0. The van der Waals surface area contributed by atoms with Crippen molar-refractivity contribution in [1.82, 2.24) is 0 Å². The van der Waals surface area contributed by atoms with Crippen molar-refractivity contribution in [3.8, 4) is 16.9 Å². The molecule has 0 bridgehead atoms. The average molecular weight is 340 g/mol. The van der Waals surface area contributed by atoms with E-state index in [0.29, 0.717) is 19.8 Å². The van der Waals surface area contributed by atoms with Crippen LogP contribution in [0.5, 0.6) is 5.75 Å². The molecule has 1 aliphatic rings. The number of rotatable bonds is 6. The third-order valence-corrected chi connectivity index (χ3v) is 4.42. The van der Waals surface area contributed by atoms with Gasteiger partial charge in [-0.1, -0.05) is 42.8 Å². The van der Waals surface area contributed by atoms with Crippen LogP contribution < -0.4 is 4.74 Å². The Morgan fingerprint density at radius 1 is 1.20 bits per heavy atom. The average Bonchev–Trinajstić information content (AvgIpc) is 2.58. The molecule has 4 nitrogen and oxygen atoms in total. The molecule has 132 valence electrons. The molecule has 0 atom stereocenters. The summed E-state index contributed by atoms with van der Waals surface area (Å²) in [5.41, 5.74) is 4.13. The number of aryl methyl sites for hydroxylation is 1. The Kier molecular flexibility index (Phi) is 5.09. The first-order chi connectivity index (χ1) is 12.0. The summed E-state index contributed by atoms with van der Waals surface area (Å²) in [6.07, 6.45) is 0.250. The molecule has 0 aliphatic carbocycles. The molecule has 4 heteroatoms. The Morgan fingerprint density at radius 2 is 2.00 bits per heavy atom. The van der Waals surface area contributed by atoms with E-state index in [2.05, 4.69) is 26.0 Å². The SMILES string of the molecule is COc1ccc(CC(=O)OCC2(C)COC2)cc1-c1cccc(C)c1. The molecule has 0 N–H and O–H groups in total. The van der Waals surface area contributed by atoms with Crippen molar-refractivity contribution in [2.45, 2.75) is 20.3 Å². The molecular weight excluding hydrogens is 316 g/mol. The Morgan fingerprint density at radius 3 is 2.64 bits per heavy atom. The highest BCUT2D eigenvalue weighted by Crippen LogP contribution is 2.32. The lowest BCUT2D eigenvalue weighted by molar-refractivity contribution is -0.164. The van der Waals surface area contributed by atoms with Crippen molar-refractivity contribution in [1.29, 1.82) is 0 Å². The topological polar surface area (TPSA) is 44.8 Å². The Labute approximate surface area is 148 Å². The van der Waals surface area contributed by atoms with Gasteiger partial charge < -0.3 is 14.2 Å². The van der Waals surface area contributed by atoms with Gasteiger partial charge in [0.2, 0.25) is 0 Å². The molecule has 1 saturated heterocycles. The third kappa shape index (κ3) is 4.20. The zero-order valence-corrected chi connectivity index (χ0v) is 15.0. The lowest BCUT2D eigenvalue weighted by atomic mass is 9.90. The molecule has 0 amide bonds. The van der Waals surface area contributed by atoms with Crippen LogP contribution in [0.3, 0.4) is 0 Å². The maximum Gasteiger partial charge on any atom is 0.310 e. The Balaban J connectivity index is 1.74. The molecule has 1 aliphatic heterocycles. The van der Waals surface area contributed by atoms with Crippen LogP contribution in [0.1, 0.15) is 18.1 Å². The van der Waals surface area contributed by atoms with Crippen molar-refractivity contribution in [2.24, 2.45) is 5.41 Å². The molecule has 0 spiro atoms. The number of carbonyl (C=O) groups excluding carboxylic acids is 1. The summed E-state index contributed by atoms with van der Waals surface area (Å²) in [6, 6.07) is 14.0. The predicted molar refractivity (Wildman–Crippen MR) is 96.8 cm³/mol. The van der Waals surface area contributed by atoms with Crippen LogP contribution >= 0.6 is 0 Å². The van der Waals surface area contributed by atoms with Gasteiger partial charge in [-0.3, -0.25) is 4.79 Å². The van der Waals surface area contributed by atoms with Gasteiger partial charge in [0.15, 0.2) is 0 Å². The standard InChI is InChI=1S/C21H24O4/c1-15-5-4-6-17(9-15)18-10-16(7-8-19(18)23-3)11-20(22)25-14-21(2)12-24-13-21/h4-10H,11-14H2,1-3H3. The highest BCUT2D eigenvalue weighted by atomic mass is 16.5. The number of esters is 1. The van der Waals surface area contributed by atoms with Gasteiger partial charge in [-0.05, 0) is 30.2 Å². The van der Waals surface area contributed by atoms with Crippen LogP contribution in [0, 0.1) is 12.3 Å². The number of hydrogen-bond acceptors (Lipinski definition) is 4. The van der Waals surface area contributed by atoms with Crippen LogP contribution in [0.15, 0.2) is 42.5 Å². The van der Waals surface area contributed by atoms with E-state index < -0.39 is 0 Å². The van der Waals surface area contributed by atoms with E-state index in [1.165, 1.54) is 5.56 Å². The fourth-order valence-corrected chi connectivity index (χ4v) is 2.91. The van der Waals surface area contributed by atoms with Crippen molar-refractivity contribution >= 4 is 5.97 Å². The normalized spacial score (nSPS) is 15.3. The summed E-state index contributed by atoms with van der Waals surface area (Å²) in [4.78, 5) is 12.2. The molecule has 0 unspecified atom stereocenters. The van der Waals surface area contributed by atoms with E-state index in [9.17, 15) is 4.79 Å². The number of carbonyl (C=O) groups is 1. The Bertz CT molecular complexity index is 762. The van der Waals surface area contributed by atoms with Crippen LogP contribution in [-0.4, -0.2) is 32.9 Å². The van der Waals surface area contributed by atoms with E-state index in [-0.39, 0.29) is 17.8 Å². The van der Waals surface area contributed by atoms with Crippen molar-refractivity contribution in [3.63, 3.8) is 0 Å². The summed E-state index contributed by atoms with van der Waals surface area (Å²) in [7, 11) is 1.66. The summed E-state index contributed by atoms with van der Waals surface area (Å²) >= 11 is 0. The van der Waals surface area contributed by atoms with E-state index >= 15 is 0 Å². The lowest BCUT2D eigenvalue weighted by Gasteiger charge is -2.37. The van der Waals surface area contributed by atoms with Gasteiger partial charge in [0.05, 0.1) is 26.7 Å². The molecule has 3 rings (SSSR count). The minimum atomic E-state index is -0.214. The molecule has 25 heavy (non-hydrogen) atoms. The van der Waals surface area contributed by atoms with Gasteiger partial charge in [-0.25, -0.2) is 0 Å². The molecule has 2 aromatic rings. The molecule has 0 aromatic heterocycles. The second kappa shape index (κ2) is 7.28. The smallest absolute Gasteiger partial charge is 0.310 e. The first-order valence-corrected chi connectivity index (χ1v) is 8.46. The van der Waals surface area contributed by atoms with Crippen LogP contribution in [-0.2, 0) is 20.7 Å². The zero-order valence-electron chi connectivity index (χ0n) is 15.0. The number of methoxy groups -OCH3 is 1. The van der Waals surface area contributed by atoms with Gasteiger partial charge in [0.1, 0.15) is 12.4 Å². The lowest BCUT2D eigenvalue weighted by Crippen LogP contribution is -2.44. The minimum Gasteiger partial charge on any atom is -0.496 e. The molecule has 1 fully saturated rings. The number of hydrogen-bond donors (Lipinski definition) is 0. The molecular formula is C21H24O4. The third-order valence-electron chi connectivity index (χ3n) is 4.42. The quantitative estimate of drug-likeness (QED) is 0.751. The van der Waals surface area contributed by atoms with Gasteiger partial charge in [-0.2, -0.15) is 0 Å². The Hall–Kier alpha value is -2.33. The zero-order chi connectivity index (χ0) is 17.9. The van der Waals surface area contributed by atoms with Gasteiger partial charge in [0, 0.05) is 11.0 Å². The predicted octanol–water partition coefficient (Wildman–Crippen LogP) is 3.79. The number of ether oxygens (including phenoxy) is 3. The molecule has 0 saturated carbocycles. The first-order valence-electron chi connectivity index (χ1n) is 8.46. The highest BCUT2D eigenvalue weighted by Gasteiger charge is 2.34. The largest absolute Gasteiger partial charge is 0.496 e. The highest BCUT2D eigenvalue weighted by molar-refractivity contribution is 5.76. The van der Waals surface area contributed by atoms with Gasteiger partial charge in [0.25, 0.3) is 0 Å². The maximum atomic E-state index is 12.2. The van der Waals surface area contributed by atoms with Crippen LogP contribution in [0.2, 0.25) is 0 Å². The molecule has 2 aromatic carbocycles. The molecule has 1 heterocycles. The fraction of sp³-hybridized carbons (Fsp3) is 0.381. The second-order valence-electron chi connectivity index (χ2n) is 7.05. The van der Waals surface area contributed by atoms with Crippen molar-refractivity contribution in [2.75, 3.05) is 26.9 Å².